The number of nitrogens with two attached hydrogens (primary N) is 1. The molecule has 3 N–H and O–H groups in total. The Kier molecular flexibility index (Phi) is 2.98. The van der Waals surface area contributed by atoms with Gasteiger partial charge in [-0.2, -0.15) is 0 Å². The molecule has 1 heterocycles. The fourth-order valence-electron chi connectivity index (χ4n) is 3.44. The number of carbonyl (C=O) groups is 1. The van der Waals surface area contributed by atoms with E-state index >= 15 is 0 Å². The highest BCUT2D eigenvalue weighted by Crippen LogP contribution is 2.47. The van der Waals surface area contributed by atoms with E-state index in [0.29, 0.717) is 17.1 Å². The molecule has 1 atom stereocenters. The lowest BCUT2D eigenvalue weighted by molar-refractivity contribution is -0.122. The molecule has 2 aliphatic rings. The molecular weight excluding hydrogens is 296 g/mol. The van der Waals surface area contributed by atoms with Crippen molar-refractivity contribution in [3.8, 4) is 0 Å². The summed E-state index contributed by atoms with van der Waals surface area (Å²) in [4.78, 5) is 11.8. The van der Waals surface area contributed by atoms with Crippen molar-refractivity contribution >= 4 is 28.8 Å². The van der Waals surface area contributed by atoms with Gasteiger partial charge < -0.3 is 11.1 Å². The summed E-state index contributed by atoms with van der Waals surface area (Å²) < 4.78 is 0. The Morgan fingerprint density at radius 1 is 1.14 bits per heavy atom. The van der Waals surface area contributed by atoms with Crippen molar-refractivity contribution in [1.29, 1.82) is 0 Å². The molecule has 1 fully saturated rings. The first-order valence-electron chi connectivity index (χ1n) is 7.32. The van der Waals surface area contributed by atoms with Crippen molar-refractivity contribution in [1.82, 2.24) is 5.32 Å². The first-order chi connectivity index (χ1) is 10.6. The lowest BCUT2D eigenvalue weighted by Crippen LogP contribution is -2.32. The van der Waals surface area contributed by atoms with Crippen LogP contribution in [0.5, 0.6) is 0 Å². The van der Waals surface area contributed by atoms with Gasteiger partial charge in [0, 0.05) is 6.42 Å². The van der Waals surface area contributed by atoms with Gasteiger partial charge >= 0.3 is 0 Å². The van der Waals surface area contributed by atoms with Gasteiger partial charge in [-0.05, 0) is 46.4 Å². The number of hydrogen-bond donors (Lipinski definition) is 2. The summed E-state index contributed by atoms with van der Waals surface area (Å²) in [6, 6.07) is 14.0. The van der Waals surface area contributed by atoms with E-state index in [1.54, 1.807) is 0 Å². The number of hydrogen-bond acceptors (Lipinski definition) is 2. The number of halogens is 1. The van der Waals surface area contributed by atoms with Crippen LogP contribution in [0.2, 0.25) is 5.02 Å². The minimum atomic E-state index is -0.00986. The predicted octanol–water partition coefficient (Wildman–Crippen LogP) is 3.69. The molecule has 2 aromatic rings. The second kappa shape index (κ2) is 4.89. The Balaban J connectivity index is 1.93. The molecule has 2 aromatic carbocycles. The molecule has 1 aliphatic carbocycles. The number of rotatable bonds is 1. The molecule has 22 heavy (non-hydrogen) atoms. The smallest absolute Gasteiger partial charge is 0.221 e. The number of amides is 1. The van der Waals surface area contributed by atoms with Gasteiger partial charge in [0.2, 0.25) is 5.91 Å². The van der Waals surface area contributed by atoms with E-state index in [4.69, 9.17) is 17.3 Å². The molecule has 1 saturated heterocycles. The molecule has 4 heteroatoms. The maximum Gasteiger partial charge on any atom is 0.221 e. The lowest BCUT2D eigenvalue weighted by Gasteiger charge is -2.24. The monoisotopic (exact) mass is 310 g/mol. The maximum atomic E-state index is 11.8. The Bertz CT molecular complexity index is 826. The molecule has 1 amide bonds. The second-order valence-corrected chi connectivity index (χ2v) is 6.13. The first-order valence-corrected chi connectivity index (χ1v) is 7.70. The van der Waals surface area contributed by atoms with Crippen LogP contribution >= 0.6 is 11.6 Å². The number of benzene rings is 2. The highest BCUT2D eigenvalue weighted by molar-refractivity contribution is 6.33. The van der Waals surface area contributed by atoms with Gasteiger partial charge in [0.15, 0.2) is 0 Å². The molecule has 4 rings (SSSR count). The highest BCUT2D eigenvalue weighted by Gasteiger charge is 2.35. The summed E-state index contributed by atoms with van der Waals surface area (Å²) in [5, 5.41) is 3.67. The van der Waals surface area contributed by atoms with Crippen molar-refractivity contribution in [2.24, 2.45) is 0 Å². The molecular formula is C18H15ClN2O. The zero-order valence-electron chi connectivity index (χ0n) is 11.9. The molecule has 0 aromatic heterocycles. The summed E-state index contributed by atoms with van der Waals surface area (Å²) in [5.74, 6) is 0.112. The highest BCUT2D eigenvalue weighted by atomic mass is 35.5. The van der Waals surface area contributed by atoms with Gasteiger partial charge in [0.1, 0.15) is 0 Å². The quantitative estimate of drug-likeness (QED) is 0.789. The SMILES string of the molecule is Nc1cc(C2=C3CCC(=O)NC3c3ccccc32)ccc1Cl. The van der Waals surface area contributed by atoms with Crippen LogP contribution in [-0.2, 0) is 4.79 Å². The number of nitrogens with one attached hydrogen (secondary N) is 1. The predicted molar refractivity (Wildman–Crippen MR) is 88.4 cm³/mol. The fourth-order valence-corrected chi connectivity index (χ4v) is 3.55. The van der Waals surface area contributed by atoms with Crippen molar-refractivity contribution in [2.75, 3.05) is 5.73 Å². The summed E-state index contributed by atoms with van der Waals surface area (Å²) in [6.07, 6.45) is 1.31. The van der Waals surface area contributed by atoms with E-state index in [0.717, 1.165) is 17.5 Å². The average molecular weight is 311 g/mol. The van der Waals surface area contributed by atoms with Crippen LogP contribution in [0.4, 0.5) is 5.69 Å². The Labute approximate surface area is 133 Å². The fraction of sp³-hybridized carbons (Fsp3) is 0.167. The standard InChI is InChI=1S/C18H15ClN2O/c19-14-7-5-10(9-15(14)20)17-11-3-1-2-4-12(11)18-13(17)6-8-16(22)21-18/h1-5,7,9,18H,6,8,20H2,(H,21,22). The molecule has 3 nitrogen and oxygen atoms in total. The molecule has 110 valence electrons. The average Bonchev–Trinajstić information content (AvgIpc) is 2.84. The van der Waals surface area contributed by atoms with Gasteiger partial charge in [0.25, 0.3) is 0 Å². The zero-order valence-corrected chi connectivity index (χ0v) is 12.7. The number of anilines is 1. The molecule has 0 radical (unpaired) electrons. The summed E-state index contributed by atoms with van der Waals surface area (Å²) in [5.41, 5.74) is 12.4. The normalized spacial score (nSPS) is 19.7. The molecule has 0 spiro atoms. The van der Waals surface area contributed by atoms with Crippen LogP contribution in [0.1, 0.15) is 35.6 Å². The Hall–Kier alpha value is -2.26. The van der Waals surface area contributed by atoms with E-state index in [1.165, 1.54) is 16.7 Å². The summed E-state index contributed by atoms with van der Waals surface area (Å²) in [7, 11) is 0. The molecule has 1 aliphatic heterocycles. The number of carbonyl (C=O) groups excluding carboxylic acids is 1. The third-order valence-corrected chi connectivity index (χ3v) is 4.77. The molecule has 1 unspecified atom stereocenters. The largest absolute Gasteiger partial charge is 0.398 e. The van der Waals surface area contributed by atoms with Crippen LogP contribution in [0.15, 0.2) is 48.0 Å². The number of fused-ring (bicyclic) bond motifs is 3. The van der Waals surface area contributed by atoms with Gasteiger partial charge in [0.05, 0.1) is 16.8 Å². The first kappa shape index (κ1) is 13.4. The van der Waals surface area contributed by atoms with Crippen LogP contribution < -0.4 is 11.1 Å². The Morgan fingerprint density at radius 3 is 2.77 bits per heavy atom. The van der Waals surface area contributed by atoms with E-state index < -0.39 is 0 Å². The van der Waals surface area contributed by atoms with E-state index in [9.17, 15) is 4.79 Å². The van der Waals surface area contributed by atoms with E-state index in [2.05, 4.69) is 17.4 Å². The maximum absolute atomic E-state index is 11.8. The van der Waals surface area contributed by atoms with Crippen molar-refractivity contribution in [3.63, 3.8) is 0 Å². The minimum Gasteiger partial charge on any atom is -0.398 e. The van der Waals surface area contributed by atoms with E-state index in [1.807, 2.05) is 30.3 Å². The minimum absolute atomic E-state index is 0.00986. The van der Waals surface area contributed by atoms with Gasteiger partial charge in [-0.1, -0.05) is 41.9 Å². The van der Waals surface area contributed by atoms with Gasteiger partial charge in [-0.15, -0.1) is 0 Å². The summed E-state index contributed by atoms with van der Waals surface area (Å²) in [6.45, 7) is 0. The van der Waals surface area contributed by atoms with Crippen molar-refractivity contribution < 1.29 is 4.79 Å². The molecule has 0 saturated carbocycles. The number of nitrogen functional groups attached to an aromatic ring is 1. The van der Waals surface area contributed by atoms with Crippen LogP contribution in [0.25, 0.3) is 5.57 Å². The van der Waals surface area contributed by atoms with E-state index in [-0.39, 0.29) is 11.9 Å². The van der Waals surface area contributed by atoms with Crippen molar-refractivity contribution in [3.05, 3.63) is 69.8 Å². The second-order valence-electron chi connectivity index (χ2n) is 5.72. The Morgan fingerprint density at radius 2 is 1.95 bits per heavy atom. The summed E-state index contributed by atoms with van der Waals surface area (Å²) >= 11 is 6.05. The van der Waals surface area contributed by atoms with Gasteiger partial charge in [-0.3, -0.25) is 4.79 Å². The van der Waals surface area contributed by atoms with Crippen LogP contribution in [0, 0.1) is 0 Å². The van der Waals surface area contributed by atoms with Gasteiger partial charge in [-0.25, -0.2) is 0 Å². The molecule has 0 bridgehead atoms. The number of piperidine rings is 1. The van der Waals surface area contributed by atoms with Crippen LogP contribution in [0.3, 0.4) is 0 Å². The topological polar surface area (TPSA) is 55.1 Å². The van der Waals surface area contributed by atoms with Crippen LogP contribution in [-0.4, -0.2) is 5.91 Å². The third-order valence-electron chi connectivity index (χ3n) is 4.42. The zero-order chi connectivity index (χ0) is 15.3. The lowest BCUT2D eigenvalue weighted by atomic mass is 9.93. The third kappa shape index (κ3) is 1.93. The van der Waals surface area contributed by atoms with Crippen molar-refractivity contribution in [2.45, 2.75) is 18.9 Å².